The molecule has 108 valence electrons. The Hall–Kier alpha value is -2.22. The van der Waals surface area contributed by atoms with Crippen LogP contribution in [-0.4, -0.2) is 29.5 Å². The Morgan fingerprint density at radius 3 is 2.95 bits per heavy atom. The first kappa shape index (κ1) is 13.7. The lowest BCUT2D eigenvalue weighted by molar-refractivity contribution is 0.848. The molecule has 3 heterocycles. The third-order valence-corrected chi connectivity index (χ3v) is 3.78. The Balaban J connectivity index is 1.85. The van der Waals surface area contributed by atoms with Gasteiger partial charge in [0.25, 0.3) is 11.3 Å². The highest BCUT2D eigenvalue weighted by molar-refractivity contribution is 7.98. The topological polar surface area (TPSA) is 88.8 Å². The number of fused-ring (bicyclic) bond motifs is 1. The zero-order valence-electron chi connectivity index (χ0n) is 11.7. The van der Waals surface area contributed by atoms with Gasteiger partial charge in [-0.05, 0) is 13.0 Å². The van der Waals surface area contributed by atoms with Crippen molar-refractivity contribution in [1.29, 1.82) is 0 Å². The van der Waals surface area contributed by atoms with Gasteiger partial charge in [-0.3, -0.25) is 9.89 Å². The first-order valence-corrected chi connectivity index (χ1v) is 7.54. The molecule has 3 aromatic rings. The SMILES string of the molecule is CCc1nc2nc(CSc3nccc(C)n3)cc(=O)n2[nH]1. The predicted octanol–water partition coefficient (Wildman–Crippen LogP) is 1.37. The molecule has 8 heteroatoms. The fourth-order valence-electron chi connectivity index (χ4n) is 1.84. The van der Waals surface area contributed by atoms with E-state index in [2.05, 4.69) is 25.0 Å². The molecule has 0 fully saturated rings. The van der Waals surface area contributed by atoms with Crippen LogP contribution in [-0.2, 0) is 12.2 Å². The van der Waals surface area contributed by atoms with Gasteiger partial charge in [0.1, 0.15) is 5.82 Å². The summed E-state index contributed by atoms with van der Waals surface area (Å²) < 4.78 is 1.36. The summed E-state index contributed by atoms with van der Waals surface area (Å²) in [6.45, 7) is 3.88. The van der Waals surface area contributed by atoms with Gasteiger partial charge in [-0.25, -0.2) is 15.0 Å². The van der Waals surface area contributed by atoms with Gasteiger partial charge in [0.05, 0.1) is 5.69 Å². The quantitative estimate of drug-likeness (QED) is 0.578. The molecule has 3 rings (SSSR count). The number of hydrogen-bond donors (Lipinski definition) is 1. The van der Waals surface area contributed by atoms with Crippen LogP contribution in [0.5, 0.6) is 0 Å². The second kappa shape index (κ2) is 5.65. The molecular formula is C13H14N6OS. The molecule has 0 aromatic carbocycles. The van der Waals surface area contributed by atoms with E-state index in [1.54, 1.807) is 6.20 Å². The summed E-state index contributed by atoms with van der Waals surface area (Å²) in [5.74, 6) is 1.68. The van der Waals surface area contributed by atoms with Crippen molar-refractivity contribution in [3.8, 4) is 0 Å². The van der Waals surface area contributed by atoms with Crippen molar-refractivity contribution in [1.82, 2.24) is 29.5 Å². The number of aryl methyl sites for hydroxylation is 2. The Bertz CT molecular complexity index is 840. The van der Waals surface area contributed by atoms with E-state index in [1.165, 1.54) is 22.3 Å². The lowest BCUT2D eigenvalue weighted by Crippen LogP contribution is -2.15. The summed E-state index contributed by atoms with van der Waals surface area (Å²) in [5, 5.41) is 3.60. The van der Waals surface area contributed by atoms with Crippen LogP contribution < -0.4 is 5.56 Å². The minimum atomic E-state index is -0.159. The summed E-state index contributed by atoms with van der Waals surface area (Å²) >= 11 is 1.45. The fraction of sp³-hybridized carbons (Fsp3) is 0.308. The van der Waals surface area contributed by atoms with Crippen LogP contribution in [0.25, 0.3) is 5.78 Å². The third kappa shape index (κ3) is 2.94. The number of aromatic amines is 1. The van der Waals surface area contributed by atoms with E-state index in [-0.39, 0.29) is 5.56 Å². The maximum atomic E-state index is 12.0. The zero-order valence-corrected chi connectivity index (χ0v) is 12.5. The molecule has 0 aliphatic rings. The molecule has 0 bridgehead atoms. The summed E-state index contributed by atoms with van der Waals surface area (Å²) in [6, 6.07) is 3.35. The fourth-order valence-corrected chi connectivity index (χ4v) is 2.61. The van der Waals surface area contributed by atoms with Gasteiger partial charge in [0, 0.05) is 30.1 Å². The molecule has 3 aromatic heterocycles. The van der Waals surface area contributed by atoms with Gasteiger partial charge in [-0.1, -0.05) is 18.7 Å². The van der Waals surface area contributed by atoms with Crippen molar-refractivity contribution in [2.24, 2.45) is 0 Å². The lowest BCUT2D eigenvalue weighted by Gasteiger charge is -2.00. The number of aromatic nitrogens is 6. The number of H-pyrrole nitrogens is 1. The smallest absolute Gasteiger partial charge is 0.274 e. The van der Waals surface area contributed by atoms with Crippen LogP contribution in [0.2, 0.25) is 0 Å². The van der Waals surface area contributed by atoms with Gasteiger partial charge in [-0.2, -0.15) is 9.50 Å². The molecule has 7 nitrogen and oxygen atoms in total. The van der Waals surface area contributed by atoms with E-state index in [4.69, 9.17) is 0 Å². The van der Waals surface area contributed by atoms with Crippen molar-refractivity contribution in [3.63, 3.8) is 0 Å². The van der Waals surface area contributed by atoms with Crippen LogP contribution in [0.1, 0.15) is 24.1 Å². The summed E-state index contributed by atoms with van der Waals surface area (Å²) in [6.07, 6.45) is 2.45. The van der Waals surface area contributed by atoms with E-state index in [0.29, 0.717) is 22.4 Å². The zero-order chi connectivity index (χ0) is 14.8. The predicted molar refractivity (Wildman–Crippen MR) is 79.3 cm³/mol. The maximum absolute atomic E-state index is 12.0. The largest absolute Gasteiger partial charge is 0.275 e. The lowest BCUT2D eigenvalue weighted by atomic mass is 10.4. The van der Waals surface area contributed by atoms with Gasteiger partial charge in [0.15, 0.2) is 5.16 Å². The van der Waals surface area contributed by atoms with Crippen LogP contribution in [0, 0.1) is 6.92 Å². The second-order valence-electron chi connectivity index (χ2n) is 4.51. The highest BCUT2D eigenvalue weighted by atomic mass is 32.2. The molecule has 0 radical (unpaired) electrons. The van der Waals surface area contributed by atoms with E-state index in [0.717, 1.165) is 17.9 Å². The van der Waals surface area contributed by atoms with Crippen molar-refractivity contribution in [2.45, 2.75) is 31.2 Å². The normalized spacial score (nSPS) is 11.1. The van der Waals surface area contributed by atoms with E-state index >= 15 is 0 Å². The molecule has 0 amide bonds. The van der Waals surface area contributed by atoms with E-state index in [9.17, 15) is 4.79 Å². The average Bonchev–Trinajstić information content (AvgIpc) is 2.89. The van der Waals surface area contributed by atoms with Gasteiger partial charge < -0.3 is 0 Å². The minimum Gasteiger partial charge on any atom is -0.275 e. The van der Waals surface area contributed by atoms with Crippen molar-refractivity contribution < 1.29 is 0 Å². The molecule has 0 saturated carbocycles. The third-order valence-electron chi connectivity index (χ3n) is 2.89. The average molecular weight is 302 g/mol. The molecule has 0 atom stereocenters. The van der Waals surface area contributed by atoms with Crippen LogP contribution >= 0.6 is 11.8 Å². The first-order valence-electron chi connectivity index (χ1n) is 6.55. The Morgan fingerprint density at radius 1 is 1.33 bits per heavy atom. The van der Waals surface area contributed by atoms with E-state index < -0.39 is 0 Å². The molecular weight excluding hydrogens is 288 g/mol. The van der Waals surface area contributed by atoms with Gasteiger partial charge >= 0.3 is 0 Å². The highest BCUT2D eigenvalue weighted by Crippen LogP contribution is 2.17. The van der Waals surface area contributed by atoms with Gasteiger partial charge in [0.2, 0.25) is 0 Å². The summed E-state index contributed by atoms with van der Waals surface area (Å²) in [4.78, 5) is 29.2. The number of nitrogens with one attached hydrogen (secondary N) is 1. The molecule has 1 N–H and O–H groups in total. The van der Waals surface area contributed by atoms with Gasteiger partial charge in [-0.15, -0.1) is 0 Å². The molecule has 0 aliphatic carbocycles. The van der Waals surface area contributed by atoms with Crippen LogP contribution in [0.3, 0.4) is 0 Å². The number of hydrogen-bond acceptors (Lipinski definition) is 6. The number of thioether (sulfide) groups is 1. The molecule has 0 saturated heterocycles. The van der Waals surface area contributed by atoms with Crippen molar-refractivity contribution >= 4 is 17.5 Å². The van der Waals surface area contributed by atoms with Crippen molar-refractivity contribution in [3.05, 3.63) is 45.9 Å². The van der Waals surface area contributed by atoms with Crippen molar-refractivity contribution in [2.75, 3.05) is 0 Å². The van der Waals surface area contributed by atoms with E-state index in [1.807, 2.05) is 19.9 Å². The maximum Gasteiger partial charge on any atom is 0.274 e. The van der Waals surface area contributed by atoms with Crippen LogP contribution in [0.4, 0.5) is 0 Å². The standard InChI is InChI=1S/C13H14N6OS/c1-3-10-17-12-16-9(6-11(20)19(12)18-10)7-21-13-14-5-4-8(2)15-13/h4-6H,3,7H2,1-2H3,(H,16,17,18). The highest BCUT2D eigenvalue weighted by Gasteiger charge is 2.08. The minimum absolute atomic E-state index is 0.159. The second-order valence-corrected chi connectivity index (χ2v) is 5.46. The summed E-state index contributed by atoms with van der Waals surface area (Å²) in [5.41, 5.74) is 1.42. The number of rotatable bonds is 4. The first-order chi connectivity index (χ1) is 10.2. The monoisotopic (exact) mass is 302 g/mol. The Labute approximate surface area is 124 Å². The Kier molecular flexibility index (Phi) is 3.70. The summed E-state index contributed by atoms with van der Waals surface area (Å²) in [7, 11) is 0. The Morgan fingerprint density at radius 2 is 2.19 bits per heavy atom. The molecule has 0 unspecified atom stereocenters. The molecule has 0 spiro atoms. The van der Waals surface area contributed by atoms with Crippen LogP contribution in [0.15, 0.2) is 28.3 Å². The number of nitrogens with zero attached hydrogens (tertiary/aromatic N) is 5. The molecule has 0 aliphatic heterocycles. The molecule has 21 heavy (non-hydrogen) atoms.